The van der Waals surface area contributed by atoms with E-state index in [2.05, 4.69) is 45.0 Å². The molecule has 0 radical (unpaired) electrons. The van der Waals surface area contributed by atoms with Crippen molar-refractivity contribution in [3.05, 3.63) is 34.9 Å². The molecule has 0 aliphatic rings. The zero-order chi connectivity index (χ0) is 15.2. The van der Waals surface area contributed by atoms with Crippen molar-refractivity contribution in [3.63, 3.8) is 0 Å². The van der Waals surface area contributed by atoms with Gasteiger partial charge < -0.3 is 15.3 Å². The number of fused-ring (bicyclic) bond motifs is 1. The Morgan fingerprint density at radius 2 is 2.10 bits per heavy atom. The molecule has 0 bridgehead atoms. The lowest BCUT2D eigenvalue weighted by molar-refractivity contribution is 0.128. The van der Waals surface area contributed by atoms with Crippen molar-refractivity contribution in [2.24, 2.45) is 0 Å². The zero-order valence-electron chi connectivity index (χ0n) is 12.5. The SMILES string of the molecule is CCN(CC)CC(O)CNc1cccc2cc(Br)cnc12. The molecule has 114 valence electrons. The van der Waals surface area contributed by atoms with Crippen LogP contribution in [-0.2, 0) is 0 Å². The van der Waals surface area contributed by atoms with Gasteiger partial charge in [-0.05, 0) is 41.2 Å². The van der Waals surface area contributed by atoms with Gasteiger partial charge in [0.15, 0.2) is 0 Å². The van der Waals surface area contributed by atoms with Gasteiger partial charge in [0.2, 0.25) is 0 Å². The number of hydrogen-bond donors (Lipinski definition) is 2. The first-order valence-corrected chi connectivity index (χ1v) is 8.11. The van der Waals surface area contributed by atoms with Crippen LogP contribution in [0.4, 0.5) is 5.69 Å². The van der Waals surface area contributed by atoms with Crippen LogP contribution >= 0.6 is 15.9 Å². The van der Waals surface area contributed by atoms with Crippen molar-refractivity contribution in [3.8, 4) is 0 Å². The number of aromatic nitrogens is 1. The van der Waals surface area contributed by atoms with Crippen LogP contribution in [-0.4, -0.2) is 47.3 Å². The van der Waals surface area contributed by atoms with E-state index in [1.165, 1.54) is 0 Å². The fraction of sp³-hybridized carbons (Fsp3) is 0.438. The summed E-state index contributed by atoms with van der Waals surface area (Å²) in [5.41, 5.74) is 1.88. The minimum atomic E-state index is -0.393. The molecule has 4 nitrogen and oxygen atoms in total. The highest BCUT2D eigenvalue weighted by Crippen LogP contribution is 2.23. The Balaban J connectivity index is 2.03. The first-order chi connectivity index (χ1) is 10.1. The smallest absolute Gasteiger partial charge is 0.0934 e. The van der Waals surface area contributed by atoms with E-state index in [4.69, 9.17) is 0 Å². The van der Waals surface area contributed by atoms with Gasteiger partial charge in [0.05, 0.1) is 17.3 Å². The zero-order valence-corrected chi connectivity index (χ0v) is 14.1. The Hall–Kier alpha value is -1.17. The fourth-order valence-electron chi connectivity index (χ4n) is 2.35. The minimum Gasteiger partial charge on any atom is -0.390 e. The summed E-state index contributed by atoms with van der Waals surface area (Å²) in [6, 6.07) is 8.06. The molecule has 0 saturated heterocycles. The van der Waals surface area contributed by atoms with Gasteiger partial charge in [-0.1, -0.05) is 26.0 Å². The topological polar surface area (TPSA) is 48.4 Å². The van der Waals surface area contributed by atoms with Gasteiger partial charge in [0, 0.05) is 29.1 Å². The second-order valence-electron chi connectivity index (χ2n) is 5.05. The third kappa shape index (κ3) is 4.40. The van der Waals surface area contributed by atoms with E-state index < -0.39 is 6.10 Å². The Kier molecular flexibility index (Phi) is 5.96. The van der Waals surface area contributed by atoms with E-state index in [9.17, 15) is 5.11 Å². The lowest BCUT2D eigenvalue weighted by atomic mass is 10.2. The number of benzene rings is 1. The molecule has 0 aliphatic carbocycles. The summed E-state index contributed by atoms with van der Waals surface area (Å²) in [5.74, 6) is 0. The molecule has 5 heteroatoms. The maximum atomic E-state index is 10.1. The van der Waals surface area contributed by atoms with Crippen molar-refractivity contribution in [2.45, 2.75) is 20.0 Å². The van der Waals surface area contributed by atoms with Crippen molar-refractivity contribution in [1.82, 2.24) is 9.88 Å². The molecule has 1 atom stereocenters. The molecule has 1 heterocycles. The van der Waals surface area contributed by atoms with Crippen molar-refractivity contribution in [2.75, 3.05) is 31.5 Å². The molecule has 0 amide bonds. The Labute approximate surface area is 134 Å². The van der Waals surface area contributed by atoms with Crippen LogP contribution in [0.15, 0.2) is 34.9 Å². The summed E-state index contributed by atoms with van der Waals surface area (Å²) >= 11 is 3.43. The summed E-state index contributed by atoms with van der Waals surface area (Å²) in [7, 11) is 0. The number of para-hydroxylation sites is 1. The van der Waals surface area contributed by atoms with E-state index in [0.29, 0.717) is 13.1 Å². The van der Waals surface area contributed by atoms with Crippen LogP contribution in [0, 0.1) is 0 Å². The molecule has 2 aromatic rings. The number of halogens is 1. The lowest BCUT2D eigenvalue weighted by Crippen LogP contribution is -2.35. The first kappa shape index (κ1) is 16.2. The number of aliphatic hydroxyl groups is 1. The molecule has 0 aliphatic heterocycles. The molecule has 1 aromatic carbocycles. The molecule has 0 spiro atoms. The molecule has 0 fully saturated rings. The van der Waals surface area contributed by atoms with Crippen LogP contribution < -0.4 is 5.32 Å². The van der Waals surface area contributed by atoms with Gasteiger partial charge >= 0.3 is 0 Å². The monoisotopic (exact) mass is 351 g/mol. The second-order valence-corrected chi connectivity index (χ2v) is 5.97. The molecule has 1 unspecified atom stereocenters. The summed E-state index contributed by atoms with van der Waals surface area (Å²) in [4.78, 5) is 6.66. The summed E-state index contributed by atoms with van der Waals surface area (Å²) in [5, 5.41) is 14.5. The average Bonchev–Trinajstić information content (AvgIpc) is 2.50. The van der Waals surface area contributed by atoms with Crippen molar-refractivity contribution >= 4 is 32.5 Å². The van der Waals surface area contributed by atoms with Gasteiger partial charge in [-0.25, -0.2) is 0 Å². The standard InChI is InChI=1S/C16H22BrN3O/c1-3-20(4-2)11-14(21)10-18-15-7-5-6-12-8-13(17)9-19-16(12)15/h5-9,14,18,21H,3-4,10-11H2,1-2H3. The first-order valence-electron chi connectivity index (χ1n) is 7.32. The number of nitrogens with one attached hydrogen (secondary N) is 1. The number of hydrogen-bond acceptors (Lipinski definition) is 4. The fourth-order valence-corrected chi connectivity index (χ4v) is 2.70. The molecule has 2 N–H and O–H groups in total. The number of nitrogens with zero attached hydrogens (tertiary/aromatic N) is 2. The average molecular weight is 352 g/mol. The summed E-state index contributed by atoms with van der Waals surface area (Å²) < 4.78 is 0.966. The van der Waals surface area contributed by atoms with Crippen LogP contribution in [0.2, 0.25) is 0 Å². The Bertz CT molecular complexity index is 587. The number of rotatable bonds is 7. The lowest BCUT2D eigenvalue weighted by Gasteiger charge is -2.22. The summed E-state index contributed by atoms with van der Waals surface area (Å²) in [6.07, 6.45) is 1.40. The molecular formula is C16H22BrN3O. The van der Waals surface area contributed by atoms with Crippen molar-refractivity contribution in [1.29, 1.82) is 0 Å². The summed E-state index contributed by atoms with van der Waals surface area (Å²) in [6.45, 7) is 7.33. The highest BCUT2D eigenvalue weighted by Gasteiger charge is 2.10. The third-order valence-electron chi connectivity index (χ3n) is 3.57. The number of anilines is 1. The normalized spacial score (nSPS) is 12.8. The van der Waals surface area contributed by atoms with E-state index in [0.717, 1.165) is 34.2 Å². The predicted octanol–water partition coefficient (Wildman–Crippen LogP) is 3.11. The van der Waals surface area contributed by atoms with Gasteiger partial charge in [0.1, 0.15) is 0 Å². The maximum absolute atomic E-state index is 10.1. The Morgan fingerprint density at radius 1 is 1.33 bits per heavy atom. The van der Waals surface area contributed by atoms with Gasteiger partial charge in [-0.15, -0.1) is 0 Å². The second kappa shape index (κ2) is 7.73. The van der Waals surface area contributed by atoms with Crippen LogP contribution in [0.3, 0.4) is 0 Å². The number of likely N-dealkylation sites (N-methyl/N-ethyl adjacent to an activating group) is 1. The third-order valence-corrected chi connectivity index (χ3v) is 4.00. The van der Waals surface area contributed by atoms with Gasteiger partial charge in [-0.2, -0.15) is 0 Å². The number of pyridine rings is 1. The van der Waals surface area contributed by atoms with E-state index >= 15 is 0 Å². The van der Waals surface area contributed by atoms with E-state index in [1.54, 1.807) is 6.20 Å². The van der Waals surface area contributed by atoms with Gasteiger partial charge in [0.25, 0.3) is 0 Å². The molecule has 21 heavy (non-hydrogen) atoms. The molecular weight excluding hydrogens is 330 g/mol. The van der Waals surface area contributed by atoms with E-state index in [-0.39, 0.29) is 0 Å². The maximum Gasteiger partial charge on any atom is 0.0934 e. The van der Waals surface area contributed by atoms with Crippen molar-refractivity contribution < 1.29 is 5.11 Å². The minimum absolute atomic E-state index is 0.393. The highest BCUT2D eigenvalue weighted by atomic mass is 79.9. The van der Waals surface area contributed by atoms with Gasteiger partial charge in [-0.3, -0.25) is 4.98 Å². The van der Waals surface area contributed by atoms with Crippen LogP contribution in [0.1, 0.15) is 13.8 Å². The number of aliphatic hydroxyl groups excluding tert-OH is 1. The quantitative estimate of drug-likeness (QED) is 0.804. The Morgan fingerprint density at radius 3 is 2.81 bits per heavy atom. The molecule has 1 aromatic heterocycles. The van der Waals surface area contributed by atoms with Crippen LogP contribution in [0.5, 0.6) is 0 Å². The predicted molar refractivity (Wildman–Crippen MR) is 91.7 cm³/mol. The van der Waals surface area contributed by atoms with E-state index in [1.807, 2.05) is 24.3 Å². The largest absolute Gasteiger partial charge is 0.390 e. The molecule has 0 saturated carbocycles. The highest BCUT2D eigenvalue weighted by molar-refractivity contribution is 9.10. The molecule has 2 rings (SSSR count). The van der Waals surface area contributed by atoms with Crippen LogP contribution in [0.25, 0.3) is 10.9 Å².